The number of benzene rings is 1. The monoisotopic (exact) mass is 319 g/mol. The van der Waals surface area contributed by atoms with Crippen molar-refractivity contribution in [1.29, 1.82) is 0 Å². The highest BCUT2D eigenvalue weighted by atomic mass is 19.1. The van der Waals surface area contributed by atoms with Crippen LogP contribution in [0.3, 0.4) is 0 Å². The lowest BCUT2D eigenvalue weighted by atomic mass is 9.97. The van der Waals surface area contributed by atoms with E-state index in [1.165, 1.54) is 0 Å². The average Bonchev–Trinajstić information content (AvgIpc) is 2.98. The van der Waals surface area contributed by atoms with E-state index >= 15 is 0 Å². The molecule has 1 aromatic heterocycles. The predicted octanol–water partition coefficient (Wildman–Crippen LogP) is 4.01. The number of aromatic nitrogens is 1. The molecule has 0 saturated heterocycles. The first-order chi connectivity index (χ1) is 11.0. The van der Waals surface area contributed by atoms with Gasteiger partial charge in [-0.3, -0.25) is 0 Å². The number of hydrogen-bond donors (Lipinski definition) is 1. The van der Waals surface area contributed by atoms with E-state index in [1.54, 1.807) is 4.90 Å². The summed E-state index contributed by atoms with van der Waals surface area (Å²) >= 11 is 0. The van der Waals surface area contributed by atoms with E-state index in [9.17, 15) is 13.6 Å². The summed E-state index contributed by atoms with van der Waals surface area (Å²) in [5.74, 6) is -1.04. The molecule has 0 bridgehead atoms. The molecule has 1 unspecified atom stereocenters. The molecule has 0 radical (unpaired) electrons. The molecule has 2 amide bonds. The highest BCUT2D eigenvalue weighted by Gasteiger charge is 2.33. The Bertz CT molecular complexity index is 726. The van der Waals surface area contributed by atoms with Gasteiger partial charge in [-0.25, -0.2) is 13.6 Å². The summed E-state index contributed by atoms with van der Waals surface area (Å²) in [6.45, 7) is 5.28. The Labute approximate surface area is 133 Å². The summed E-state index contributed by atoms with van der Waals surface area (Å²) in [4.78, 5) is 14.3. The Balaban J connectivity index is 1.85. The molecule has 3 rings (SSSR count). The Morgan fingerprint density at radius 3 is 2.78 bits per heavy atom. The Kier molecular flexibility index (Phi) is 4.07. The summed E-state index contributed by atoms with van der Waals surface area (Å²) in [6, 6.07) is 6.45. The van der Waals surface area contributed by atoms with Gasteiger partial charge in [0.2, 0.25) is 0 Å². The van der Waals surface area contributed by atoms with Gasteiger partial charge in [0.15, 0.2) is 0 Å². The number of nitrogens with one attached hydrogen (secondary N) is 1. The van der Waals surface area contributed by atoms with Gasteiger partial charge in [-0.2, -0.15) is 0 Å². The zero-order valence-corrected chi connectivity index (χ0v) is 13.1. The van der Waals surface area contributed by atoms with Crippen LogP contribution in [0.15, 0.2) is 36.5 Å². The van der Waals surface area contributed by atoms with E-state index in [0.29, 0.717) is 13.1 Å². The standard InChI is InChI=1S/C17H19F2N3O/c1-11(2)16-15-4-3-7-21(15)8-9-22(16)17(23)20-14-10-12(18)5-6-13(14)19/h3-7,10-11,16H,8-9H2,1-2H3,(H,20,23). The van der Waals surface area contributed by atoms with Gasteiger partial charge in [0, 0.05) is 31.0 Å². The number of amides is 2. The van der Waals surface area contributed by atoms with E-state index in [-0.39, 0.29) is 17.6 Å². The lowest BCUT2D eigenvalue weighted by Gasteiger charge is -2.39. The van der Waals surface area contributed by atoms with Crippen LogP contribution in [0.25, 0.3) is 0 Å². The minimum Gasteiger partial charge on any atom is -0.348 e. The molecule has 0 saturated carbocycles. The molecule has 2 heterocycles. The molecule has 0 fully saturated rings. The third-order valence-electron chi connectivity index (χ3n) is 4.15. The maximum Gasteiger partial charge on any atom is 0.322 e. The highest BCUT2D eigenvalue weighted by molar-refractivity contribution is 5.89. The van der Waals surface area contributed by atoms with Crippen LogP contribution in [0.2, 0.25) is 0 Å². The van der Waals surface area contributed by atoms with E-state index in [4.69, 9.17) is 0 Å². The van der Waals surface area contributed by atoms with Crippen LogP contribution in [0.1, 0.15) is 25.6 Å². The maximum absolute atomic E-state index is 13.7. The van der Waals surface area contributed by atoms with Crippen LogP contribution < -0.4 is 5.32 Å². The molecule has 23 heavy (non-hydrogen) atoms. The van der Waals surface area contributed by atoms with Gasteiger partial charge < -0.3 is 14.8 Å². The molecular formula is C17H19F2N3O. The first kappa shape index (κ1) is 15.5. The van der Waals surface area contributed by atoms with Gasteiger partial charge in [0.1, 0.15) is 11.6 Å². The minimum absolute atomic E-state index is 0.102. The van der Waals surface area contributed by atoms with Crippen LogP contribution in [0, 0.1) is 17.6 Å². The summed E-state index contributed by atoms with van der Waals surface area (Å²) in [5, 5.41) is 2.49. The number of hydrogen-bond acceptors (Lipinski definition) is 1. The zero-order valence-electron chi connectivity index (χ0n) is 13.1. The molecule has 1 atom stereocenters. The molecular weight excluding hydrogens is 300 g/mol. The number of rotatable bonds is 2. The van der Waals surface area contributed by atoms with E-state index in [0.717, 1.165) is 23.9 Å². The molecule has 0 aliphatic carbocycles. The minimum atomic E-state index is -0.652. The van der Waals surface area contributed by atoms with Crippen LogP contribution in [-0.2, 0) is 6.54 Å². The van der Waals surface area contributed by atoms with Gasteiger partial charge in [-0.05, 0) is 30.2 Å². The average molecular weight is 319 g/mol. The van der Waals surface area contributed by atoms with Crippen molar-refractivity contribution in [1.82, 2.24) is 9.47 Å². The van der Waals surface area contributed by atoms with Crippen LogP contribution in [0.5, 0.6) is 0 Å². The normalized spacial score (nSPS) is 17.3. The fourth-order valence-electron chi connectivity index (χ4n) is 3.12. The van der Waals surface area contributed by atoms with Crippen molar-refractivity contribution in [3.05, 3.63) is 53.9 Å². The molecule has 1 N–H and O–H groups in total. The molecule has 0 spiro atoms. The van der Waals surface area contributed by atoms with E-state index in [1.807, 2.05) is 32.2 Å². The van der Waals surface area contributed by atoms with Crippen molar-refractivity contribution in [2.24, 2.45) is 5.92 Å². The molecule has 6 heteroatoms. The van der Waals surface area contributed by atoms with Gasteiger partial charge >= 0.3 is 6.03 Å². The van der Waals surface area contributed by atoms with Crippen molar-refractivity contribution in [2.45, 2.75) is 26.4 Å². The second-order valence-electron chi connectivity index (χ2n) is 6.06. The first-order valence-electron chi connectivity index (χ1n) is 7.65. The summed E-state index contributed by atoms with van der Waals surface area (Å²) in [7, 11) is 0. The molecule has 4 nitrogen and oxygen atoms in total. The van der Waals surface area contributed by atoms with Crippen molar-refractivity contribution < 1.29 is 13.6 Å². The largest absolute Gasteiger partial charge is 0.348 e. The van der Waals surface area contributed by atoms with E-state index in [2.05, 4.69) is 9.88 Å². The third kappa shape index (κ3) is 2.93. The SMILES string of the molecule is CC(C)C1c2cccn2CCN1C(=O)Nc1cc(F)ccc1F. The second-order valence-corrected chi connectivity index (χ2v) is 6.06. The lowest BCUT2D eigenvalue weighted by molar-refractivity contribution is 0.143. The molecule has 1 aromatic carbocycles. The zero-order chi connectivity index (χ0) is 16.6. The summed E-state index contributed by atoms with van der Waals surface area (Å²) in [6.07, 6.45) is 1.99. The number of carbonyl (C=O) groups is 1. The van der Waals surface area contributed by atoms with Gasteiger partial charge in [-0.1, -0.05) is 13.8 Å². The fourth-order valence-corrected chi connectivity index (χ4v) is 3.12. The Morgan fingerprint density at radius 2 is 2.04 bits per heavy atom. The smallest absolute Gasteiger partial charge is 0.322 e. The van der Waals surface area contributed by atoms with Crippen molar-refractivity contribution in [3.63, 3.8) is 0 Å². The number of halogens is 2. The van der Waals surface area contributed by atoms with Gasteiger partial charge in [0.05, 0.1) is 11.7 Å². The van der Waals surface area contributed by atoms with Crippen molar-refractivity contribution in [3.8, 4) is 0 Å². The van der Waals surface area contributed by atoms with E-state index < -0.39 is 17.7 Å². The number of anilines is 1. The van der Waals surface area contributed by atoms with Crippen molar-refractivity contribution >= 4 is 11.7 Å². The first-order valence-corrected chi connectivity index (χ1v) is 7.65. The summed E-state index contributed by atoms with van der Waals surface area (Å²) in [5.41, 5.74) is 0.916. The Hall–Kier alpha value is -2.37. The molecule has 1 aliphatic heterocycles. The topological polar surface area (TPSA) is 37.3 Å². The lowest BCUT2D eigenvalue weighted by Crippen LogP contribution is -2.45. The highest BCUT2D eigenvalue weighted by Crippen LogP contribution is 2.32. The number of carbonyl (C=O) groups excluding carboxylic acids is 1. The van der Waals surface area contributed by atoms with Crippen LogP contribution in [-0.4, -0.2) is 22.0 Å². The van der Waals surface area contributed by atoms with Crippen LogP contribution >= 0.6 is 0 Å². The number of nitrogens with zero attached hydrogens (tertiary/aromatic N) is 2. The molecule has 122 valence electrons. The van der Waals surface area contributed by atoms with Crippen LogP contribution in [0.4, 0.5) is 19.3 Å². The Morgan fingerprint density at radius 1 is 1.26 bits per heavy atom. The summed E-state index contributed by atoms with van der Waals surface area (Å²) < 4.78 is 29.1. The van der Waals surface area contributed by atoms with Crippen molar-refractivity contribution in [2.75, 3.05) is 11.9 Å². The fraction of sp³-hybridized carbons (Fsp3) is 0.353. The molecule has 1 aliphatic rings. The second kappa shape index (κ2) is 6.02. The van der Waals surface area contributed by atoms with Gasteiger partial charge in [-0.15, -0.1) is 0 Å². The number of urea groups is 1. The third-order valence-corrected chi connectivity index (χ3v) is 4.15. The number of fused-ring (bicyclic) bond motifs is 1. The van der Waals surface area contributed by atoms with Gasteiger partial charge in [0.25, 0.3) is 0 Å². The molecule has 2 aromatic rings. The predicted molar refractivity (Wildman–Crippen MR) is 84.1 cm³/mol. The quantitative estimate of drug-likeness (QED) is 0.892. The maximum atomic E-state index is 13.7.